The van der Waals surface area contributed by atoms with Crippen LogP contribution in [0.25, 0.3) is 0 Å². The molecule has 2 radical (unpaired) electrons. The molecule has 0 nitrogen and oxygen atoms in total. The largest absolute Gasteiger partial charge is 0.0625 e. The first kappa shape index (κ1) is 28.0. The number of hydrogen-bond donors (Lipinski definition) is 0. The fourth-order valence-corrected chi connectivity index (χ4v) is 4.17. The van der Waals surface area contributed by atoms with Crippen molar-refractivity contribution in [1.29, 1.82) is 0 Å². The summed E-state index contributed by atoms with van der Waals surface area (Å²) in [4.78, 5) is 0. The summed E-state index contributed by atoms with van der Waals surface area (Å²) in [7, 11) is 0. The van der Waals surface area contributed by atoms with Gasteiger partial charge < -0.3 is 0 Å². The van der Waals surface area contributed by atoms with Gasteiger partial charge in [-0.05, 0) is 5.92 Å². The molecule has 0 aliphatic heterocycles. The number of unbranched alkanes of at least 4 members (excludes halogenated alkanes) is 21. The van der Waals surface area contributed by atoms with Gasteiger partial charge in [0.05, 0.1) is 0 Å². The molecule has 0 aromatic rings. The van der Waals surface area contributed by atoms with Crippen molar-refractivity contribution in [1.82, 2.24) is 0 Å². The van der Waals surface area contributed by atoms with Gasteiger partial charge in [-0.1, -0.05) is 175 Å². The zero-order chi connectivity index (χ0) is 20.5. The van der Waals surface area contributed by atoms with Gasteiger partial charge in [0, 0.05) is 0 Å². The standard InChI is InChI=1S/C28H56/c1-4-6-7-8-9-10-11-12-13-14-15-16-17-18-19-20-21-22-23-24-25-26-27-28(3)5-2/h28H,1-2,4-27H2,3H3. The van der Waals surface area contributed by atoms with Gasteiger partial charge in [-0.3, -0.25) is 0 Å². The van der Waals surface area contributed by atoms with Gasteiger partial charge in [0.15, 0.2) is 0 Å². The van der Waals surface area contributed by atoms with E-state index in [0.717, 1.165) is 18.8 Å². The van der Waals surface area contributed by atoms with Gasteiger partial charge in [0.2, 0.25) is 0 Å². The maximum atomic E-state index is 3.99. The van der Waals surface area contributed by atoms with Crippen molar-refractivity contribution in [2.24, 2.45) is 5.92 Å². The molecule has 0 heterocycles. The predicted molar refractivity (Wildman–Crippen MR) is 131 cm³/mol. The first-order chi connectivity index (χ1) is 13.8. The van der Waals surface area contributed by atoms with Crippen LogP contribution < -0.4 is 0 Å². The summed E-state index contributed by atoms with van der Waals surface area (Å²) >= 11 is 0. The summed E-state index contributed by atoms with van der Waals surface area (Å²) in [5.41, 5.74) is 0. The van der Waals surface area contributed by atoms with Gasteiger partial charge in [-0.25, -0.2) is 0 Å². The van der Waals surface area contributed by atoms with Crippen molar-refractivity contribution in [3.05, 3.63) is 13.8 Å². The molecule has 0 bridgehead atoms. The van der Waals surface area contributed by atoms with E-state index in [1.165, 1.54) is 141 Å². The molecule has 1 unspecified atom stereocenters. The fourth-order valence-electron chi connectivity index (χ4n) is 4.17. The molecular weight excluding hydrogens is 336 g/mol. The molecule has 0 spiro atoms. The average Bonchev–Trinajstić information content (AvgIpc) is 2.71. The van der Waals surface area contributed by atoms with Crippen LogP contribution in [0, 0.1) is 19.8 Å². The summed E-state index contributed by atoms with van der Waals surface area (Å²) in [5, 5.41) is 0. The minimum atomic E-state index is 0.836. The van der Waals surface area contributed by atoms with Crippen LogP contribution in [0.1, 0.15) is 161 Å². The highest BCUT2D eigenvalue weighted by Gasteiger charge is 1.98. The van der Waals surface area contributed by atoms with Crippen LogP contribution >= 0.6 is 0 Å². The second kappa shape index (κ2) is 25.0. The number of hydrogen-bond acceptors (Lipinski definition) is 0. The molecule has 0 aromatic carbocycles. The van der Waals surface area contributed by atoms with Gasteiger partial charge in [0.1, 0.15) is 0 Å². The highest BCUT2D eigenvalue weighted by Crippen LogP contribution is 2.16. The molecule has 0 saturated carbocycles. The maximum absolute atomic E-state index is 3.99. The Bertz CT molecular complexity index is 257. The molecule has 1 atom stereocenters. The van der Waals surface area contributed by atoms with E-state index in [2.05, 4.69) is 20.8 Å². The number of rotatable bonds is 24. The van der Waals surface area contributed by atoms with Gasteiger partial charge >= 0.3 is 0 Å². The van der Waals surface area contributed by atoms with E-state index in [0.29, 0.717) is 0 Å². The zero-order valence-corrected chi connectivity index (χ0v) is 20.0. The third kappa shape index (κ3) is 24.0. The lowest BCUT2D eigenvalue weighted by Gasteiger charge is -2.07. The summed E-state index contributed by atoms with van der Waals surface area (Å²) in [6, 6.07) is 0. The summed E-state index contributed by atoms with van der Waals surface area (Å²) in [5.74, 6) is 0.836. The Morgan fingerprint density at radius 2 is 0.643 bits per heavy atom. The second-order valence-corrected chi connectivity index (χ2v) is 9.46. The minimum Gasteiger partial charge on any atom is -0.0625 e. The molecule has 0 amide bonds. The topological polar surface area (TPSA) is 0 Å². The molecule has 0 rings (SSSR count). The third-order valence-corrected chi connectivity index (χ3v) is 6.44. The monoisotopic (exact) mass is 392 g/mol. The first-order valence-corrected chi connectivity index (χ1v) is 13.4. The Labute approximate surface area is 181 Å². The smallest absolute Gasteiger partial charge is 0.0443 e. The van der Waals surface area contributed by atoms with Crippen LogP contribution in [-0.2, 0) is 0 Å². The Hall–Kier alpha value is 0. The highest BCUT2D eigenvalue weighted by atomic mass is 14.0. The predicted octanol–water partition coefficient (Wildman–Crippen LogP) is 10.7. The van der Waals surface area contributed by atoms with Gasteiger partial charge in [-0.15, -0.1) is 0 Å². The lowest BCUT2D eigenvalue weighted by Crippen LogP contribution is -1.91. The van der Waals surface area contributed by atoms with E-state index in [-0.39, 0.29) is 0 Å². The van der Waals surface area contributed by atoms with E-state index in [9.17, 15) is 0 Å². The fraction of sp³-hybridized carbons (Fsp3) is 0.929. The molecule has 0 saturated heterocycles. The second-order valence-electron chi connectivity index (χ2n) is 9.46. The first-order valence-electron chi connectivity index (χ1n) is 13.4. The molecule has 0 N–H and O–H groups in total. The SMILES string of the molecule is [CH2]CCCCCCCCCCCCCCCCCCCCCCCC(C)C[CH2]. The molecule has 0 aliphatic rings. The Morgan fingerprint density at radius 1 is 0.393 bits per heavy atom. The van der Waals surface area contributed by atoms with Crippen LogP contribution in [0.2, 0.25) is 0 Å². The van der Waals surface area contributed by atoms with Crippen molar-refractivity contribution in [2.45, 2.75) is 161 Å². The van der Waals surface area contributed by atoms with E-state index in [1.807, 2.05) is 0 Å². The summed E-state index contributed by atoms with van der Waals surface area (Å²) in [6.07, 6.45) is 34.3. The van der Waals surface area contributed by atoms with Crippen LogP contribution in [-0.4, -0.2) is 0 Å². The van der Waals surface area contributed by atoms with Crippen molar-refractivity contribution >= 4 is 0 Å². The van der Waals surface area contributed by atoms with E-state index in [4.69, 9.17) is 0 Å². The van der Waals surface area contributed by atoms with Crippen LogP contribution in [0.5, 0.6) is 0 Å². The van der Waals surface area contributed by atoms with Crippen LogP contribution in [0.15, 0.2) is 0 Å². The third-order valence-electron chi connectivity index (χ3n) is 6.44. The van der Waals surface area contributed by atoms with E-state index >= 15 is 0 Å². The normalized spacial score (nSPS) is 12.5. The van der Waals surface area contributed by atoms with Gasteiger partial charge in [0.25, 0.3) is 0 Å². The molecule has 0 aliphatic carbocycles. The lowest BCUT2D eigenvalue weighted by molar-refractivity contribution is 0.480. The Morgan fingerprint density at radius 3 is 0.893 bits per heavy atom. The average molecular weight is 393 g/mol. The molecule has 28 heavy (non-hydrogen) atoms. The van der Waals surface area contributed by atoms with Crippen LogP contribution in [0.4, 0.5) is 0 Å². The van der Waals surface area contributed by atoms with Crippen LogP contribution in [0.3, 0.4) is 0 Å². The molecular formula is C28H56. The Kier molecular flexibility index (Phi) is 25.0. The molecule has 0 fully saturated rings. The highest BCUT2D eigenvalue weighted by molar-refractivity contribution is 4.55. The quantitative estimate of drug-likeness (QED) is 0.143. The minimum absolute atomic E-state index is 0.836. The van der Waals surface area contributed by atoms with Crippen molar-refractivity contribution in [2.75, 3.05) is 0 Å². The summed E-state index contributed by atoms with van der Waals surface area (Å²) < 4.78 is 0. The maximum Gasteiger partial charge on any atom is -0.0443 e. The summed E-state index contributed by atoms with van der Waals surface area (Å²) in [6.45, 7) is 10.2. The van der Waals surface area contributed by atoms with Crippen molar-refractivity contribution in [3.63, 3.8) is 0 Å². The van der Waals surface area contributed by atoms with Gasteiger partial charge in [-0.2, -0.15) is 0 Å². The van der Waals surface area contributed by atoms with E-state index < -0.39 is 0 Å². The Balaban J connectivity index is 3.00. The van der Waals surface area contributed by atoms with E-state index in [1.54, 1.807) is 0 Å². The molecule has 0 heteroatoms. The molecule has 0 aromatic heterocycles. The van der Waals surface area contributed by atoms with Crippen molar-refractivity contribution < 1.29 is 0 Å². The van der Waals surface area contributed by atoms with Crippen molar-refractivity contribution in [3.8, 4) is 0 Å². The zero-order valence-electron chi connectivity index (χ0n) is 20.0. The lowest BCUT2D eigenvalue weighted by atomic mass is 9.99. The molecule has 168 valence electrons.